The van der Waals surface area contributed by atoms with Crippen molar-refractivity contribution in [3.63, 3.8) is 0 Å². The molecule has 1 saturated carbocycles. The summed E-state index contributed by atoms with van der Waals surface area (Å²) in [5.41, 5.74) is 2.00. The number of fused-ring (bicyclic) bond motifs is 1. The van der Waals surface area contributed by atoms with Gasteiger partial charge in [-0.3, -0.25) is 9.79 Å². The summed E-state index contributed by atoms with van der Waals surface area (Å²) in [7, 11) is 1.68. The number of aliphatic imine (C=N–C) groups is 1. The Balaban J connectivity index is 1.54. The number of hydrogen-bond acceptors (Lipinski definition) is 3. The molecule has 0 bridgehead atoms. The molecule has 1 aromatic heterocycles. The van der Waals surface area contributed by atoms with Gasteiger partial charge in [-0.05, 0) is 25.8 Å². The van der Waals surface area contributed by atoms with E-state index in [2.05, 4.69) is 20.9 Å². The van der Waals surface area contributed by atoms with E-state index in [1.54, 1.807) is 7.05 Å². The van der Waals surface area contributed by atoms with Gasteiger partial charge in [-0.2, -0.15) is 0 Å². The summed E-state index contributed by atoms with van der Waals surface area (Å²) in [6.07, 6.45) is 2.17. The second kappa shape index (κ2) is 6.73. The molecule has 122 valence electrons. The minimum atomic E-state index is -0.00429. The summed E-state index contributed by atoms with van der Waals surface area (Å²) in [6.45, 7) is 2.78. The van der Waals surface area contributed by atoms with Gasteiger partial charge in [0.15, 0.2) is 5.96 Å². The number of nitrogens with zero attached hydrogens (tertiary/aromatic N) is 1. The molecule has 0 radical (unpaired) electrons. The Labute approximate surface area is 135 Å². The maximum absolute atomic E-state index is 11.7. The fourth-order valence-corrected chi connectivity index (χ4v) is 2.45. The third-order valence-corrected chi connectivity index (χ3v) is 3.94. The Morgan fingerprint density at radius 2 is 2.09 bits per heavy atom. The summed E-state index contributed by atoms with van der Waals surface area (Å²) in [5, 5.41) is 10.2. The molecular formula is C17H22N4O2. The number of rotatable bonds is 5. The lowest BCUT2D eigenvalue weighted by Crippen LogP contribution is -2.43. The van der Waals surface area contributed by atoms with Crippen LogP contribution in [0.5, 0.6) is 0 Å². The van der Waals surface area contributed by atoms with E-state index in [4.69, 9.17) is 4.42 Å². The zero-order valence-corrected chi connectivity index (χ0v) is 13.5. The molecule has 1 aliphatic carbocycles. The second-order valence-electron chi connectivity index (χ2n) is 5.77. The van der Waals surface area contributed by atoms with Crippen LogP contribution in [0.2, 0.25) is 0 Å². The molecule has 0 spiro atoms. The van der Waals surface area contributed by atoms with Gasteiger partial charge in [0.2, 0.25) is 5.91 Å². The van der Waals surface area contributed by atoms with Crippen molar-refractivity contribution in [2.75, 3.05) is 13.6 Å². The van der Waals surface area contributed by atoms with E-state index in [1.165, 1.54) is 0 Å². The molecule has 0 unspecified atom stereocenters. The van der Waals surface area contributed by atoms with Crippen LogP contribution in [-0.4, -0.2) is 31.5 Å². The fourth-order valence-electron chi connectivity index (χ4n) is 2.45. The first-order chi connectivity index (χ1) is 11.2. The van der Waals surface area contributed by atoms with Crippen molar-refractivity contribution in [3.8, 4) is 0 Å². The standard InChI is InChI=1S/C17H22N4O2/c1-11-13-5-3-4-6-14(13)23-15(11)9-19-17(18-2)20-10-16(22)21-12-7-8-12/h3-6,12H,7-10H2,1-2H3,(H,21,22)(H2,18,19,20). The average Bonchev–Trinajstić information content (AvgIpc) is 3.31. The molecule has 23 heavy (non-hydrogen) atoms. The number of furan rings is 1. The smallest absolute Gasteiger partial charge is 0.239 e. The Hall–Kier alpha value is -2.50. The van der Waals surface area contributed by atoms with Gasteiger partial charge < -0.3 is 20.4 Å². The molecule has 3 N–H and O–H groups in total. The molecule has 1 aliphatic rings. The average molecular weight is 314 g/mol. The number of hydrogen-bond donors (Lipinski definition) is 3. The van der Waals surface area contributed by atoms with Gasteiger partial charge in [-0.25, -0.2) is 0 Å². The molecule has 1 heterocycles. The number of nitrogens with one attached hydrogen (secondary N) is 3. The molecule has 1 amide bonds. The van der Waals surface area contributed by atoms with Crippen LogP contribution < -0.4 is 16.0 Å². The summed E-state index contributed by atoms with van der Waals surface area (Å²) in [5.74, 6) is 1.45. The second-order valence-corrected chi connectivity index (χ2v) is 5.77. The van der Waals surface area contributed by atoms with Crippen LogP contribution in [0.25, 0.3) is 11.0 Å². The van der Waals surface area contributed by atoms with Gasteiger partial charge in [0.1, 0.15) is 11.3 Å². The Kier molecular flexibility index (Phi) is 4.50. The topological polar surface area (TPSA) is 78.7 Å². The third kappa shape index (κ3) is 3.83. The number of para-hydroxylation sites is 1. The molecule has 0 atom stereocenters. The largest absolute Gasteiger partial charge is 0.459 e. The number of amides is 1. The van der Waals surface area contributed by atoms with E-state index in [0.29, 0.717) is 18.5 Å². The van der Waals surface area contributed by atoms with E-state index in [-0.39, 0.29) is 12.5 Å². The van der Waals surface area contributed by atoms with Crippen LogP contribution in [-0.2, 0) is 11.3 Å². The molecule has 2 aromatic rings. The molecule has 3 rings (SSSR count). The van der Waals surface area contributed by atoms with Crippen LogP contribution >= 0.6 is 0 Å². The minimum absolute atomic E-state index is 0.00429. The number of guanidine groups is 1. The van der Waals surface area contributed by atoms with Gasteiger partial charge in [0, 0.05) is 24.0 Å². The number of carbonyl (C=O) groups is 1. The number of benzene rings is 1. The molecule has 0 saturated heterocycles. The molecule has 0 aliphatic heterocycles. The predicted molar refractivity (Wildman–Crippen MR) is 90.3 cm³/mol. The van der Waals surface area contributed by atoms with Crippen LogP contribution in [0.1, 0.15) is 24.2 Å². The minimum Gasteiger partial charge on any atom is -0.459 e. The highest BCUT2D eigenvalue weighted by Gasteiger charge is 2.23. The predicted octanol–water partition coefficient (Wildman–Crippen LogP) is 1.68. The monoisotopic (exact) mass is 314 g/mol. The molecule has 1 aromatic carbocycles. The highest BCUT2D eigenvalue weighted by atomic mass is 16.3. The van der Waals surface area contributed by atoms with E-state index >= 15 is 0 Å². The van der Waals surface area contributed by atoms with Crippen molar-refractivity contribution in [1.82, 2.24) is 16.0 Å². The van der Waals surface area contributed by atoms with Crippen molar-refractivity contribution in [2.24, 2.45) is 4.99 Å². The molecule has 6 nitrogen and oxygen atoms in total. The highest BCUT2D eigenvalue weighted by Crippen LogP contribution is 2.24. The summed E-state index contributed by atoms with van der Waals surface area (Å²) in [6, 6.07) is 8.34. The first-order valence-corrected chi connectivity index (χ1v) is 7.88. The van der Waals surface area contributed by atoms with E-state index < -0.39 is 0 Å². The van der Waals surface area contributed by atoms with Crippen molar-refractivity contribution in [2.45, 2.75) is 32.4 Å². The number of aryl methyl sites for hydroxylation is 1. The maximum atomic E-state index is 11.7. The SMILES string of the molecule is CN=C(NCC(=O)NC1CC1)NCc1oc2ccccc2c1C. The summed E-state index contributed by atoms with van der Waals surface area (Å²) in [4.78, 5) is 15.8. The van der Waals surface area contributed by atoms with E-state index in [1.807, 2.05) is 31.2 Å². The van der Waals surface area contributed by atoms with Crippen LogP contribution in [0.15, 0.2) is 33.7 Å². The maximum Gasteiger partial charge on any atom is 0.239 e. The number of carbonyl (C=O) groups excluding carboxylic acids is 1. The van der Waals surface area contributed by atoms with Gasteiger partial charge in [0.25, 0.3) is 0 Å². The lowest BCUT2D eigenvalue weighted by Gasteiger charge is -2.11. The molecule has 6 heteroatoms. The quantitative estimate of drug-likeness (QED) is 0.579. The summed E-state index contributed by atoms with van der Waals surface area (Å²) < 4.78 is 5.86. The van der Waals surface area contributed by atoms with Gasteiger partial charge >= 0.3 is 0 Å². The third-order valence-electron chi connectivity index (χ3n) is 3.94. The van der Waals surface area contributed by atoms with Gasteiger partial charge in [0.05, 0.1) is 13.1 Å². The Morgan fingerprint density at radius 3 is 2.78 bits per heavy atom. The van der Waals surface area contributed by atoms with Gasteiger partial charge in [-0.1, -0.05) is 18.2 Å². The fraction of sp³-hybridized carbons (Fsp3) is 0.412. The first-order valence-electron chi connectivity index (χ1n) is 7.88. The van der Waals surface area contributed by atoms with Crippen molar-refractivity contribution >= 4 is 22.8 Å². The van der Waals surface area contributed by atoms with Crippen LogP contribution in [0.4, 0.5) is 0 Å². The first kappa shape index (κ1) is 15.4. The van der Waals surface area contributed by atoms with Crippen LogP contribution in [0, 0.1) is 6.92 Å². The van der Waals surface area contributed by atoms with Gasteiger partial charge in [-0.15, -0.1) is 0 Å². The summed E-state index contributed by atoms with van der Waals surface area (Å²) >= 11 is 0. The lowest BCUT2D eigenvalue weighted by molar-refractivity contribution is -0.120. The van der Waals surface area contributed by atoms with Crippen molar-refractivity contribution in [1.29, 1.82) is 0 Å². The molecule has 1 fully saturated rings. The van der Waals surface area contributed by atoms with E-state index in [9.17, 15) is 4.79 Å². The molecular weight excluding hydrogens is 292 g/mol. The zero-order valence-electron chi connectivity index (χ0n) is 13.5. The van der Waals surface area contributed by atoms with E-state index in [0.717, 1.165) is 35.1 Å². The van der Waals surface area contributed by atoms with Crippen molar-refractivity contribution in [3.05, 3.63) is 35.6 Å². The Bertz CT molecular complexity index is 731. The zero-order chi connectivity index (χ0) is 16.2. The highest BCUT2D eigenvalue weighted by molar-refractivity contribution is 5.87. The Morgan fingerprint density at radius 1 is 1.30 bits per heavy atom. The van der Waals surface area contributed by atoms with Crippen LogP contribution in [0.3, 0.4) is 0 Å². The van der Waals surface area contributed by atoms with Crippen molar-refractivity contribution < 1.29 is 9.21 Å². The lowest BCUT2D eigenvalue weighted by atomic mass is 10.1. The normalized spacial score (nSPS) is 14.8.